The fraction of sp³-hybridized carbons (Fsp3) is 0. The van der Waals surface area contributed by atoms with E-state index in [1.807, 2.05) is 0 Å². The first kappa shape index (κ1) is 26700. The predicted molar refractivity (Wildman–Crippen MR) is 5.75 cm³/mol. The average molecular weight is 193 g/mol. The fourth-order valence-corrected chi connectivity index (χ4v) is 0. The summed E-state index contributed by atoms with van der Waals surface area (Å²) in [5.41, 5.74) is 0. The maximum absolute atomic E-state index is 0. The summed E-state index contributed by atoms with van der Waals surface area (Å²) in [6, 6.07) is 0. The summed E-state index contributed by atoms with van der Waals surface area (Å²) in [6.45, 7) is 0. The first-order valence-corrected chi connectivity index (χ1v) is 0. The van der Waals surface area contributed by atoms with Gasteiger partial charge in [0.05, 0.1) is 0 Å². The molecule has 0 aromatic rings. The summed E-state index contributed by atoms with van der Waals surface area (Å²) in [5, 5.41) is 0. The van der Waals surface area contributed by atoms with E-state index in [4.69, 9.17) is 0 Å². The van der Waals surface area contributed by atoms with E-state index in [9.17, 15) is 0 Å². The van der Waals surface area contributed by atoms with Crippen molar-refractivity contribution >= 4 is 17.1 Å². The Morgan fingerprint density at radius 2 is 0.286 bits per heavy atom. The third-order valence-electron chi connectivity index (χ3n) is 0. The topological polar surface area (TPSA) is 0 Å². The van der Waals surface area contributed by atoms with E-state index in [1.165, 1.54) is 0 Å². The van der Waals surface area contributed by atoms with Crippen LogP contribution in [0.1, 0.15) is 0 Å². The van der Waals surface area contributed by atoms with Crippen molar-refractivity contribution in [1.82, 2.24) is 0 Å². The molecule has 0 aromatic carbocycles. The van der Waals surface area contributed by atoms with Crippen LogP contribution in [-0.4, -0.2) is 17.1 Å². The molecule has 48 valence electrons. The minimum Gasteiger partial charge on any atom is -1.00 e. The molecule has 7 heavy (non-hydrogen) atoms. The van der Waals surface area contributed by atoms with Gasteiger partial charge in [0.2, 0.25) is 0 Å². The van der Waals surface area contributed by atoms with Crippen LogP contribution in [0.15, 0.2) is 0 Å². The molecule has 0 heterocycles. The second-order valence-electron chi connectivity index (χ2n) is 0. The van der Waals surface area contributed by atoms with Crippen LogP contribution >= 0.6 is 0 Å². The van der Waals surface area contributed by atoms with Crippen molar-refractivity contribution in [3.63, 3.8) is 0 Å². The number of rotatable bonds is 0. The van der Waals surface area contributed by atoms with Gasteiger partial charge < -0.3 is 28.2 Å². The van der Waals surface area contributed by atoms with Gasteiger partial charge >= 0.3 is 17.1 Å². The molecule has 0 aromatic heterocycles. The molecule has 0 aliphatic heterocycles. The largest absolute Gasteiger partial charge is 6.00 e. The Kier molecular flexibility index (Phi) is 61100000. The molecule has 0 aliphatic carbocycles. The van der Waals surface area contributed by atoms with E-state index < -0.39 is 0 Å². The summed E-state index contributed by atoms with van der Waals surface area (Å²) in [4.78, 5) is 0. The molecule has 0 atom stereocenters. The van der Waals surface area contributed by atoms with E-state index in [2.05, 4.69) is 0 Å². The molecule has 0 bridgehead atoms. The molecule has 0 nitrogen and oxygen atoms in total. The van der Waals surface area contributed by atoms with Crippen molar-refractivity contribution in [2.24, 2.45) is 0 Å². The molecule has 0 spiro atoms. The molecule has 0 saturated heterocycles. The van der Waals surface area contributed by atoms with Gasteiger partial charge in [0.15, 0.2) is 0 Å². The van der Waals surface area contributed by atoms with Crippen LogP contribution in [0.3, 0.4) is 0 Å². The third kappa shape index (κ3) is 10400. The first-order chi connectivity index (χ1) is 0. The molecule has 0 aliphatic rings. The van der Waals surface area contributed by atoms with Crippen molar-refractivity contribution in [3.05, 3.63) is 0 Å². The van der Waals surface area contributed by atoms with E-state index in [-0.39, 0.29) is 45.3 Å². The maximum atomic E-state index is 0. The van der Waals surface area contributed by atoms with Gasteiger partial charge in [0.1, 0.15) is 0 Å². The van der Waals surface area contributed by atoms with Crippen molar-refractivity contribution in [3.8, 4) is 0 Å². The van der Waals surface area contributed by atoms with Crippen LogP contribution in [0.25, 0.3) is 0 Å². The monoisotopic (exact) mass is 194 g/mol. The Hall–Kier alpha value is 0.0995. The van der Waals surface area contributed by atoms with Crippen LogP contribution < -0.4 is 28.2 Å². The molecule has 0 unspecified atom stereocenters. The number of hydrogen-bond acceptors (Lipinski definition) is 0. The Labute approximate surface area is 46.3 Å². The molecular weight excluding hydrogens is 193 g/mol. The van der Waals surface area contributed by atoms with Crippen LogP contribution in [0.2, 0.25) is 0 Å². The molecule has 7 heteroatoms. The average Bonchev–Trinajstić information content (AvgIpc) is 0. The minimum atomic E-state index is 0. The van der Waals surface area contributed by atoms with Gasteiger partial charge in [0, 0.05) is 0 Å². The summed E-state index contributed by atoms with van der Waals surface area (Å²) in [6.07, 6.45) is 0. The summed E-state index contributed by atoms with van der Waals surface area (Å²) < 4.78 is 0. The summed E-state index contributed by atoms with van der Waals surface area (Å²) >= 11 is 0. The zero-order valence-electron chi connectivity index (χ0n) is 2.68. The van der Waals surface area contributed by atoms with E-state index >= 15 is 0 Å². The van der Waals surface area contributed by atoms with Crippen molar-refractivity contribution in [2.75, 3.05) is 0 Å². The summed E-state index contributed by atoms with van der Waals surface area (Å²) in [5.74, 6) is 0. The Morgan fingerprint density at radius 1 is 0.286 bits per heavy atom. The molecule has 0 fully saturated rings. The molecule has 0 saturated carbocycles. The smallest absolute Gasteiger partial charge is 1.00 e. The van der Waals surface area contributed by atoms with Crippen LogP contribution in [0.5, 0.6) is 0 Å². The quantitative estimate of drug-likeness (QED) is 0.264. The van der Waals surface area contributed by atoms with Crippen molar-refractivity contribution in [1.29, 1.82) is 0 Å². The number of halogens is 6. The zero-order valence-corrected chi connectivity index (χ0v) is 4.39. The molecule has 0 radical (unpaired) electrons. The normalized spacial score (nSPS) is 0. The van der Waals surface area contributed by atoms with Gasteiger partial charge in [-0.05, 0) is 0 Å². The Bertz CT molecular complexity index is 4.14. The van der Waals surface area contributed by atoms with Gasteiger partial charge in [-0.1, -0.05) is 0 Å². The van der Waals surface area contributed by atoms with Crippen LogP contribution in [0, 0.1) is 0 Å². The third-order valence-corrected chi connectivity index (χ3v) is 0. The van der Waals surface area contributed by atoms with Crippen molar-refractivity contribution < 1.29 is 28.2 Å². The zero-order chi connectivity index (χ0) is 0. The van der Waals surface area contributed by atoms with Gasteiger partial charge in [-0.15, -0.1) is 0 Å². The molecular formula is F6Se. The van der Waals surface area contributed by atoms with Gasteiger partial charge in [0.25, 0.3) is 0 Å². The standard InChI is InChI=1S/6FH.Se/h6*1H;/q;;;;;;+6/p-6. The van der Waals surface area contributed by atoms with E-state index in [1.54, 1.807) is 0 Å². The van der Waals surface area contributed by atoms with Gasteiger partial charge in [-0.3, -0.25) is 0 Å². The van der Waals surface area contributed by atoms with Gasteiger partial charge in [-0.2, -0.15) is 0 Å². The minimum absolute atomic E-state index is 0. The molecule has 0 amide bonds. The SMILES string of the molecule is [F-].[F-].[F-].[F-].[F-].[F-].[Se+6]. The van der Waals surface area contributed by atoms with Crippen LogP contribution in [-0.2, 0) is 0 Å². The summed E-state index contributed by atoms with van der Waals surface area (Å²) in [7, 11) is 0. The predicted octanol–water partition coefficient (Wildman–Crippen LogP) is -18.4. The van der Waals surface area contributed by atoms with E-state index in [0.717, 1.165) is 0 Å². The first-order valence-electron chi connectivity index (χ1n) is 0. The molecule has 0 N–H and O–H groups in total. The fourth-order valence-electron chi connectivity index (χ4n) is 0. The maximum Gasteiger partial charge on any atom is 6.00 e. The molecule has 0 rings (SSSR count). The van der Waals surface area contributed by atoms with E-state index in [0.29, 0.717) is 0 Å². The van der Waals surface area contributed by atoms with Crippen LogP contribution in [0.4, 0.5) is 0 Å². The second kappa shape index (κ2) is 16000. The second-order valence-corrected chi connectivity index (χ2v) is 0. The van der Waals surface area contributed by atoms with Crippen molar-refractivity contribution in [2.45, 2.75) is 0 Å². The van der Waals surface area contributed by atoms with Gasteiger partial charge in [-0.25, -0.2) is 0 Å². The Morgan fingerprint density at radius 3 is 0.286 bits per heavy atom. The number of hydrogen-bond donors (Lipinski definition) is 0. The Balaban J connectivity index is 0.